The van der Waals surface area contributed by atoms with Gasteiger partial charge in [0.05, 0.1) is 0 Å². The summed E-state index contributed by atoms with van der Waals surface area (Å²) in [5, 5.41) is 15.5. The first-order valence-electron chi connectivity index (χ1n) is 0.365. The minimum absolute atomic E-state index is 0. The van der Waals surface area contributed by atoms with Crippen molar-refractivity contribution in [2.45, 2.75) is 0 Å². The zero-order valence-electron chi connectivity index (χ0n) is 2.35. The molecule has 6 heavy (non-hydrogen) atoms. The molecule has 0 saturated heterocycles. The maximum absolute atomic E-state index is 6.62. The van der Waals surface area contributed by atoms with E-state index in [2.05, 4.69) is 5.04 Å². The summed E-state index contributed by atoms with van der Waals surface area (Å²) < 4.78 is 0. The van der Waals surface area contributed by atoms with Crippen molar-refractivity contribution in [2.75, 3.05) is 0 Å². The molecule has 0 aliphatic heterocycles. The topological polar surface area (TPSA) is 49.7 Å². The average molecular weight is 219 g/mol. The van der Waals surface area contributed by atoms with Gasteiger partial charge in [-0.25, -0.2) is 10.5 Å². The van der Waals surface area contributed by atoms with E-state index in [4.69, 9.17) is 10.5 Å². The Bertz CT molecular complexity index is 10.8. The van der Waals surface area contributed by atoms with Crippen LogP contribution in [-0.4, -0.2) is 10.5 Å². The van der Waals surface area contributed by atoms with Crippen LogP contribution in [0.25, 0.3) is 0 Å². The van der Waals surface area contributed by atoms with Crippen LogP contribution in [0.2, 0.25) is 0 Å². The molecular formula is H2FeMnNiO3. The fraction of sp³-hybridized carbons (Fsp3) is 0. The standard InChI is InChI=1S/Fe.Mn.Ni.H2O3/c;;;1-3-2/h;;;1-2H. The Hall–Kier alpha value is 1.41. The first kappa shape index (κ1) is 26.2. The summed E-state index contributed by atoms with van der Waals surface area (Å²) in [5.41, 5.74) is 0. The summed E-state index contributed by atoms with van der Waals surface area (Å²) in [4.78, 5) is 0. The predicted octanol–water partition coefficient (Wildman–Crippen LogP) is -0.0585. The quantitative estimate of drug-likeness (QED) is 0.341. The van der Waals surface area contributed by atoms with Gasteiger partial charge in [0.2, 0.25) is 0 Å². The van der Waals surface area contributed by atoms with E-state index in [-0.39, 0.29) is 50.6 Å². The number of hydrogen-bond donors (Lipinski definition) is 2. The van der Waals surface area contributed by atoms with Crippen LogP contribution in [-0.2, 0) is 55.7 Å². The largest absolute Gasteiger partial charge is 0.221 e. The van der Waals surface area contributed by atoms with Crippen LogP contribution in [0.5, 0.6) is 0 Å². The Morgan fingerprint density at radius 1 is 1.17 bits per heavy atom. The SMILES string of the molecule is OOO.[Fe].[Mn].[Ni]. The van der Waals surface area contributed by atoms with Crippen LogP contribution in [0, 0.1) is 0 Å². The van der Waals surface area contributed by atoms with Gasteiger partial charge in [-0.05, 0) is 0 Å². The van der Waals surface area contributed by atoms with E-state index in [9.17, 15) is 0 Å². The third-order valence-electron chi connectivity index (χ3n) is 0. The average Bonchev–Trinajstić information content (AvgIpc) is 0.918. The summed E-state index contributed by atoms with van der Waals surface area (Å²) >= 11 is 0. The zero-order chi connectivity index (χ0) is 2.71. The molecule has 0 aliphatic carbocycles. The Balaban J connectivity index is -0.00000000667. The van der Waals surface area contributed by atoms with Gasteiger partial charge in [0.15, 0.2) is 0 Å². The van der Waals surface area contributed by atoms with Crippen molar-refractivity contribution >= 4 is 0 Å². The zero-order valence-corrected chi connectivity index (χ0v) is 5.62. The van der Waals surface area contributed by atoms with Crippen molar-refractivity contribution in [3.63, 3.8) is 0 Å². The molecule has 0 aliphatic rings. The van der Waals surface area contributed by atoms with Gasteiger partial charge in [0.1, 0.15) is 0 Å². The van der Waals surface area contributed by atoms with Crippen LogP contribution < -0.4 is 0 Å². The van der Waals surface area contributed by atoms with Gasteiger partial charge in [-0.1, -0.05) is 5.04 Å². The monoisotopic (exact) mass is 219 g/mol. The molecule has 0 rings (SSSR count). The summed E-state index contributed by atoms with van der Waals surface area (Å²) in [7, 11) is 0. The minimum Gasteiger partial charge on any atom is -0.221 e. The maximum atomic E-state index is 6.62. The Labute approximate surface area is 66.2 Å². The molecule has 0 heterocycles. The number of hydrogen-bond acceptors (Lipinski definition) is 3. The predicted molar refractivity (Wildman–Crippen MR) is 6.34 cm³/mol. The van der Waals surface area contributed by atoms with Gasteiger partial charge >= 0.3 is 0 Å². The fourth-order valence-electron chi connectivity index (χ4n) is 0. The molecule has 0 saturated carbocycles. The molecule has 0 aromatic carbocycles. The van der Waals surface area contributed by atoms with E-state index in [1.807, 2.05) is 0 Å². The van der Waals surface area contributed by atoms with E-state index in [1.54, 1.807) is 0 Å². The maximum Gasteiger partial charge on any atom is 0 e. The van der Waals surface area contributed by atoms with Crippen LogP contribution in [0.4, 0.5) is 0 Å². The van der Waals surface area contributed by atoms with Crippen LogP contribution >= 0.6 is 0 Å². The van der Waals surface area contributed by atoms with Gasteiger partial charge in [-0.15, -0.1) is 0 Å². The molecule has 2 N–H and O–H groups in total. The van der Waals surface area contributed by atoms with Crippen LogP contribution in [0.3, 0.4) is 0 Å². The molecule has 0 aromatic rings. The molecule has 3 nitrogen and oxygen atoms in total. The summed E-state index contributed by atoms with van der Waals surface area (Å²) in [6, 6.07) is 0. The van der Waals surface area contributed by atoms with Crippen molar-refractivity contribution in [2.24, 2.45) is 0 Å². The molecular weight excluding hydrogens is 217 g/mol. The molecule has 1 radical (unpaired) electrons. The second-order valence-corrected chi connectivity index (χ2v) is 0.0816. The third kappa shape index (κ3) is 52.8. The normalized spacial score (nSPS) is 3.00. The van der Waals surface area contributed by atoms with E-state index in [1.165, 1.54) is 0 Å². The van der Waals surface area contributed by atoms with Gasteiger partial charge in [0, 0.05) is 50.6 Å². The Morgan fingerprint density at radius 3 is 1.17 bits per heavy atom. The van der Waals surface area contributed by atoms with E-state index < -0.39 is 0 Å². The first-order valence-corrected chi connectivity index (χ1v) is 0.365. The summed E-state index contributed by atoms with van der Waals surface area (Å²) in [5.74, 6) is 0. The van der Waals surface area contributed by atoms with Crippen LogP contribution in [0.1, 0.15) is 0 Å². The molecule has 0 unspecified atom stereocenters. The Kier molecular flexibility index (Phi) is 141. The van der Waals surface area contributed by atoms with Crippen molar-refractivity contribution in [1.82, 2.24) is 0 Å². The second-order valence-electron chi connectivity index (χ2n) is 0.0816. The molecule has 45 valence electrons. The summed E-state index contributed by atoms with van der Waals surface area (Å²) in [6.45, 7) is 0. The van der Waals surface area contributed by atoms with E-state index in [0.29, 0.717) is 0 Å². The van der Waals surface area contributed by atoms with Gasteiger partial charge < -0.3 is 0 Å². The van der Waals surface area contributed by atoms with Gasteiger partial charge in [-0.3, -0.25) is 0 Å². The third-order valence-corrected chi connectivity index (χ3v) is 0. The van der Waals surface area contributed by atoms with Crippen molar-refractivity contribution < 1.29 is 66.2 Å². The van der Waals surface area contributed by atoms with Crippen molar-refractivity contribution in [3.05, 3.63) is 0 Å². The molecule has 0 atom stereocenters. The minimum atomic E-state index is 0. The molecule has 6 heteroatoms. The molecule has 0 fully saturated rings. The fourth-order valence-corrected chi connectivity index (χ4v) is 0. The molecule has 0 spiro atoms. The van der Waals surface area contributed by atoms with Gasteiger partial charge in [0.25, 0.3) is 0 Å². The van der Waals surface area contributed by atoms with Crippen molar-refractivity contribution in [3.8, 4) is 0 Å². The second kappa shape index (κ2) is 32.3. The summed E-state index contributed by atoms with van der Waals surface area (Å²) in [6.07, 6.45) is 0. The van der Waals surface area contributed by atoms with E-state index in [0.717, 1.165) is 0 Å². The molecule has 0 aromatic heterocycles. The first-order chi connectivity index (χ1) is 1.41. The number of rotatable bonds is 0. The molecule has 0 amide bonds. The van der Waals surface area contributed by atoms with Crippen molar-refractivity contribution in [1.29, 1.82) is 0 Å². The van der Waals surface area contributed by atoms with E-state index >= 15 is 0 Å². The smallest absolute Gasteiger partial charge is 0 e. The Morgan fingerprint density at radius 2 is 1.17 bits per heavy atom. The van der Waals surface area contributed by atoms with Crippen LogP contribution in [0.15, 0.2) is 0 Å². The molecule has 0 bridgehead atoms. The van der Waals surface area contributed by atoms with Gasteiger partial charge in [-0.2, -0.15) is 0 Å².